The van der Waals surface area contributed by atoms with Gasteiger partial charge >= 0.3 is 5.97 Å². The number of carboxylic acid groups (broad SMARTS) is 1. The molecule has 8 heteroatoms. The molecular weight excluding hydrogens is 600 g/mol. The second kappa shape index (κ2) is 12.3. The molecule has 7 rings (SSSR count). The molecule has 1 saturated carbocycles. The van der Waals surface area contributed by atoms with Gasteiger partial charge in [-0.1, -0.05) is 38.4 Å². The zero-order chi connectivity index (χ0) is 32.1. The average Bonchev–Trinajstić information content (AvgIpc) is 3.57. The highest BCUT2D eigenvalue weighted by Gasteiger charge is 2.54. The Hall–Kier alpha value is -3.45. The summed E-state index contributed by atoms with van der Waals surface area (Å²) < 4.78 is 18.8. The monoisotopic (exact) mass is 644 g/mol. The zero-order valence-corrected chi connectivity index (χ0v) is 27.9. The lowest BCUT2D eigenvalue weighted by Gasteiger charge is -2.47. The number of anilines is 1. The van der Waals surface area contributed by atoms with E-state index in [1.165, 1.54) is 35.2 Å². The molecule has 2 N–H and O–H groups in total. The molecule has 244 valence electrons. The fourth-order valence-electron chi connectivity index (χ4n) is 8.77. The first-order valence-corrected chi connectivity index (χ1v) is 17.5. The van der Waals surface area contributed by atoms with E-state index in [-0.39, 0.29) is 11.7 Å². The molecular formula is C38H45ClN2O5. The lowest BCUT2D eigenvalue weighted by Crippen LogP contribution is -2.53. The van der Waals surface area contributed by atoms with Gasteiger partial charge in [0.05, 0.1) is 6.61 Å². The van der Waals surface area contributed by atoms with Crippen molar-refractivity contribution in [1.29, 1.82) is 0 Å². The van der Waals surface area contributed by atoms with Gasteiger partial charge in [-0.3, -0.25) is 4.98 Å². The number of hydrogen-bond donors (Lipinski definition) is 2. The third-order valence-corrected chi connectivity index (χ3v) is 11.4. The molecule has 3 aromatic rings. The number of rotatable bonds is 9. The number of ether oxygens (including phenoxy) is 3. The molecule has 1 aromatic heterocycles. The van der Waals surface area contributed by atoms with Crippen LogP contribution in [0.5, 0.6) is 17.2 Å². The Bertz CT molecular complexity index is 1620. The molecule has 4 aliphatic rings. The minimum Gasteiger partial charge on any atom is -0.493 e. The van der Waals surface area contributed by atoms with Crippen molar-refractivity contribution >= 4 is 23.3 Å². The van der Waals surface area contributed by atoms with Crippen molar-refractivity contribution in [3.63, 3.8) is 0 Å². The van der Waals surface area contributed by atoms with Crippen LogP contribution in [0.25, 0.3) is 0 Å². The number of fused-ring (bicyclic) bond motifs is 4. The highest BCUT2D eigenvalue weighted by atomic mass is 35.5. The van der Waals surface area contributed by atoms with E-state index in [0.29, 0.717) is 42.2 Å². The van der Waals surface area contributed by atoms with Crippen molar-refractivity contribution < 1.29 is 24.1 Å². The van der Waals surface area contributed by atoms with Crippen LogP contribution in [0.3, 0.4) is 0 Å². The third kappa shape index (κ3) is 5.59. The molecule has 4 atom stereocenters. The normalized spacial score (nSPS) is 28.4. The van der Waals surface area contributed by atoms with Crippen LogP contribution in [0.1, 0.15) is 100 Å². The quantitative estimate of drug-likeness (QED) is 0.241. The minimum atomic E-state index is -1.06. The number of hydrogen-bond acceptors (Lipinski definition) is 6. The van der Waals surface area contributed by atoms with Crippen LogP contribution in [-0.2, 0) is 23.1 Å². The van der Waals surface area contributed by atoms with Crippen molar-refractivity contribution in [3.05, 3.63) is 76.1 Å². The number of pyridine rings is 1. The van der Waals surface area contributed by atoms with E-state index in [2.05, 4.69) is 43.2 Å². The smallest absolute Gasteiger partial charge is 0.329 e. The van der Waals surface area contributed by atoms with E-state index < -0.39 is 11.5 Å². The first kappa shape index (κ1) is 31.2. The fraction of sp³-hybridized carbons (Fsp3) is 0.526. The van der Waals surface area contributed by atoms with E-state index >= 15 is 0 Å². The van der Waals surface area contributed by atoms with Gasteiger partial charge in [-0.25, -0.2) is 4.79 Å². The number of aliphatic carboxylic acids is 1. The highest BCUT2D eigenvalue weighted by Crippen LogP contribution is 2.58. The summed E-state index contributed by atoms with van der Waals surface area (Å²) in [5.41, 5.74) is 4.62. The molecule has 0 radical (unpaired) electrons. The molecule has 3 aliphatic carbocycles. The summed E-state index contributed by atoms with van der Waals surface area (Å²) in [4.78, 5) is 17.5. The zero-order valence-electron chi connectivity index (χ0n) is 27.1. The van der Waals surface area contributed by atoms with Crippen molar-refractivity contribution in [2.45, 2.75) is 108 Å². The number of halogens is 1. The third-order valence-electron chi connectivity index (χ3n) is 11.2. The van der Waals surface area contributed by atoms with Crippen molar-refractivity contribution in [2.75, 3.05) is 11.9 Å². The van der Waals surface area contributed by atoms with Crippen LogP contribution >= 0.6 is 11.6 Å². The number of nitrogens with zero attached hydrogens (tertiary/aromatic N) is 1. The number of nitrogens with one attached hydrogen (secondary N) is 1. The predicted octanol–water partition coefficient (Wildman–Crippen LogP) is 8.71. The summed E-state index contributed by atoms with van der Waals surface area (Å²) in [7, 11) is 0. The van der Waals surface area contributed by atoms with Crippen LogP contribution in [0.2, 0.25) is 5.02 Å². The standard InChI is InChI=1S/C38H45ClN2O5/c1-4-34-45-32-19-25-18-26(17-23(2)22-44-31-11-16-40-30-10-5-7-24(3)35(30)31)37(29(25)21-33(32)46-34)12-14-38(15-13-37,36(42)43)41-28-9-6-8-27(39)20-28/h6,8-9,11,16,19-21,23-24,26,34,41H,4-5,7,10,12-15,17-18,22H2,1-3H3,(H,42,43)/t23-,24-,26?,34?,37?,38?/m1/s1. The maximum absolute atomic E-state index is 12.9. The summed E-state index contributed by atoms with van der Waals surface area (Å²) >= 11 is 6.26. The van der Waals surface area contributed by atoms with Gasteiger partial charge in [0, 0.05) is 34.6 Å². The number of carbonyl (C=O) groups is 1. The van der Waals surface area contributed by atoms with Gasteiger partial charge < -0.3 is 24.6 Å². The van der Waals surface area contributed by atoms with Crippen LogP contribution in [0.15, 0.2) is 48.7 Å². The Labute approximate surface area is 277 Å². The van der Waals surface area contributed by atoms with Gasteiger partial charge in [-0.15, -0.1) is 0 Å². The molecule has 1 fully saturated rings. The molecule has 2 heterocycles. The molecule has 1 spiro atoms. The number of carboxylic acids is 1. The van der Waals surface area contributed by atoms with Crippen molar-refractivity contribution in [3.8, 4) is 17.2 Å². The van der Waals surface area contributed by atoms with Gasteiger partial charge in [0.2, 0.25) is 6.29 Å². The average molecular weight is 645 g/mol. The molecule has 0 bridgehead atoms. The molecule has 2 unspecified atom stereocenters. The van der Waals surface area contributed by atoms with Crippen LogP contribution in [0.4, 0.5) is 5.69 Å². The summed E-state index contributed by atoms with van der Waals surface area (Å²) in [6.07, 6.45) is 10.3. The molecule has 2 aromatic carbocycles. The number of benzene rings is 2. The number of aryl methyl sites for hydroxylation is 1. The second-order valence-corrected chi connectivity index (χ2v) is 14.7. The highest BCUT2D eigenvalue weighted by molar-refractivity contribution is 6.30. The van der Waals surface area contributed by atoms with E-state index in [4.69, 9.17) is 25.8 Å². The fourth-order valence-corrected chi connectivity index (χ4v) is 8.96. The summed E-state index contributed by atoms with van der Waals surface area (Å²) in [6.45, 7) is 7.27. The first-order chi connectivity index (χ1) is 22.2. The van der Waals surface area contributed by atoms with E-state index in [1.54, 1.807) is 12.1 Å². The van der Waals surface area contributed by atoms with Gasteiger partial charge in [-0.2, -0.15) is 0 Å². The van der Waals surface area contributed by atoms with Crippen LogP contribution in [-0.4, -0.2) is 34.5 Å². The van der Waals surface area contributed by atoms with Crippen LogP contribution < -0.4 is 19.5 Å². The maximum atomic E-state index is 12.9. The Kier molecular flexibility index (Phi) is 8.33. The van der Waals surface area contributed by atoms with Gasteiger partial charge in [0.25, 0.3) is 0 Å². The Morgan fingerprint density at radius 3 is 2.67 bits per heavy atom. The molecule has 7 nitrogen and oxygen atoms in total. The SMILES string of the molecule is CCC1Oc2cc3c(cc2O1)C1(CCC(Nc2cccc(Cl)c2)(C(=O)O)CC1)C(C[C@@H](C)COc1ccnc2c1[C@H](C)CCC2)C3. The van der Waals surface area contributed by atoms with Crippen molar-refractivity contribution in [2.24, 2.45) is 11.8 Å². The molecule has 46 heavy (non-hydrogen) atoms. The minimum absolute atomic E-state index is 0.147. The van der Waals surface area contributed by atoms with E-state index in [9.17, 15) is 9.90 Å². The largest absolute Gasteiger partial charge is 0.493 e. The molecule has 1 aliphatic heterocycles. The lowest BCUT2D eigenvalue weighted by atomic mass is 9.59. The Morgan fingerprint density at radius 2 is 1.93 bits per heavy atom. The van der Waals surface area contributed by atoms with Gasteiger partial charge in [0.1, 0.15) is 11.3 Å². The summed E-state index contributed by atoms with van der Waals surface area (Å²) in [6, 6.07) is 13.8. The number of aromatic nitrogens is 1. The summed E-state index contributed by atoms with van der Waals surface area (Å²) in [5.74, 6) is 2.95. The van der Waals surface area contributed by atoms with Crippen molar-refractivity contribution in [1.82, 2.24) is 4.98 Å². The van der Waals surface area contributed by atoms with E-state index in [1.807, 2.05) is 24.4 Å². The predicted molar refractivity (Wildman–Crippen MR) is 179 cm³/mol. The van der Waals surface area contributed by atoms with E-state index in [0.717, 1.165) is 61.5 Å². The second-order valence-electron chi connectivity index (χ2n) is 14.2. The van der Waals surface area contributed by atoms with Gasteiger partial charge in [-0.05, 0) is 128 Å². The topological polar surface area (TPSA) is 89.9 Å². The molecule has 0 amide bonds. The first-order valence-electron chi connectivity index (χ1n) is 17.1. The molecule has 0 saturated heterocycles. The van der Waals surface area contributed by atoms with Crippen LogP contribution in [0, 0.1) is 11.8 Å². The Balaban J connectivity index is 1.14. The van der Waals surface area contributed by atoms with Gasteiger partial charge in [0.15, 0.2) is 11.5 Å². The Morgan fingerprint density at radius 1 is 1.15 bits per heavy atom. The maximum Gasteiger partial charge on any atom is 0.329 e. The summed E-state index contributed by atoms with van der Waals surface area (Å²) in [5, 5.41) is 14.5. The lowest BCUT2D eigenvalue weighted by molar-refractivity contribution is -0.144.